The first kappa shape index (κ1) is 23.2. The van der Waals surface area contributed by atoms with Crippen molar-refractivity contribution in [1.29, 1.82) is 0 Å². The Bertz CT molecular complexity index is 1270. The molecule has 1 saturated heterocycles. The topological polar surface area (TPSA) is 94.2 Å². The van der Waals surface area contributed by atoms with Crippen molar-refractivity contribution in [1.82, 2.24) is 9.78 Å². The van der Waals surface area contributed by atoms with Gasteiger partial charge in [0.2, 0.25) is 5.91 Å². The summed E-state index contributed by atoms with van der Waals surface area (Å²) in [5.41, 5.74) is 0.903. The monoisotopic (exact) mass is 473 g/mol. The van der Waals surface area contributed by atoms with Crippen LogP contribution < -0.4 is 5.32 Å². The number of aryl methyl sites for hydroxylation is 1. The summed E-state index contributed by atoms with van der Waals surface area (Å²) < 4.78 is 45.3. The third-order valence-corrected chi connectivity index (χ3v) is 7.48. The molecule has 3 aromatic rings. The van der Waals surface area contributed by atoms with Gasteiger partial charge in [-0.15, -0.1) is 0 Å². The van der Waals surface area contributed by atoms with Crippen molar-refractivity contribution in [2.24, 2.45) is 0 Å². The molecule has 1 atom stereocenters. The molecule has 1 unspecified atom stereocenters. The summed E-state index contributed by atoms with van der Waals surface area (Å²) in [6, 6.07) is 11.3. The second-order valence-electron chi connectivity index (χ2n) is 9.46. The van der Waals surface area contributed by atoms with Crippen molar-refractivity contribution in [2.75, 3.05) is 16.8 Å². The lowest BCUT2D eigenvalue weighted by atomic mass is 9.92. The minimum atomic E-state index is -3.10. The number of hydrogen-bond acceptors (Lipinski definition) is 5. The highest BCUT2D eigenvalue weighted by molar-refractivity contribution is 7.91. The van der Waals surface area contributed by atoms with Gasteiger partial charge in [-0.1, -0.05) is 32.9 Å². The fourth-order valence-corrected chi connectivity index (χ4v) is 5.55. The number of halogens is 1. The zero-order valence-electron chi connectivity index (χ0n) is 19.0. The molecule has 1 aromatic carbocycles. The maximum atomic E-state index is 14.0. The van der Waals surface area contributed by atoms with Gasteiger partial charge in [0.15, 0.2) is 9.84 Å². The van der Waals surface area contributed by atoms with E-state index in [1.165, 1.54) is 6.07 Å². The van der Waals surface area contributed by atoms with E-state index < -0.39 is 9.84 Å². The third kappa shape index (κ3) is 5.35. The summed E-state index contributed by atoms with van der Waals surface area (Å²) in [5, 5.41) is 7.52. The first-order chi connectivity index (χ1) is 15.5. The Kier molecular flexibility index (Phi) is 6.18. The number of hydrogen-bond donors (Lipinski definition) is 1. The number of carbonyl (C=O) groups excluding carboxylic acids is 1. The Balaban J connectivity index is 1.45. The molecular weight excluding hydrogens is 445 g/mol. The Morgan fingerprint density at radius 3 is 2.67 bits per heavy atom. The maximum Gasteiger partial charge on any atom is 0.225 e. The second kappa shape index (κ2) is 8.78. The Labute approximate surface area is 192 Å². The second-order valence-corrected chi connectivity index (χ2v) is 11.7. The van der Waals surface area contributed by atoms with Crippen LogP contribution in [0.4, 0.5) is 10.2 Å². The van der Waals surface area contributed by atoms with Gasteiger partial charge >= 0.3 is 0 Å². The lowest BCUT2D eigenvalue weighted by molar-refractivity contribution is -0.116. The molecule has 1 fully saturated rings. The van der Waals surface area contributed by atoms with Crippen LogP contribution in [-0.2, 0) is 26.5 Å². The van der Waals surface area contributed by atoms with Crippen LogP contribution in [0.2, 0.25) is 0 Å². The van der Waals surface area contributed by atoms with Gasteiger partial charge in [-0.3, -0.25) is 4.79 Å². The molecule has 0 bridgehead atoms. The van der Waals surface area contributed by atoms with Crippen LogP contribution in [0.5, 0.6) is 0 Å². The number of nitrogens with one attached hydrogen (secondary N) is 1. The van der Waals surface area contributed by atoms with E-state index in [4.69, 9.17) is 4.42 Å². The largest absolute Gasteiger partial charge is 0.461 e. The van der Waals surface area contributed by atoms with Crippen molar-refractivity contribution < 1.29 is 22.0 Å². The first-order valence-electron chi connectivity index (χ1n) is 11.0. The highest BCUT2D eigenvalue weighted by Gasteiger charge is 2.32. The van der Waals surface area contributed by atoms with Crippen LogP contribution in [0.15, 0.2) is 46.9 Å². The molecule has 1 aliphatic heterocycles. The number of nitrogens with zero attached hydrogens (tertiary/aromatic N) is 2. The van der Waals surface area contributed by atoms with E-state index in [-0.39, 0.29) is 41.1 Å². The molecule has 1 aliphatic rings. The Hall–Kier alpha value is -2.94. The van der Waals surface area contributed by atoms with Gasteiger partial charge < -0.3 is 9.73 Å². The summed E-state index contributed by atoms with van der Waals surface area (Å²) in [6.45, 7) is 6.04. The molecule has 0 spiro atoms. The predicted octanol–water partition coefficient (Wildman–Crippen LogP) is 4.51. The summed E-state index contributed by atoms with van der Waals surface area (Å²) in [6.07, 6.45) is 0.975. The van der Waals surface area contributed by atoms with Crippen LogP contribution >= 0.6 is 0 Å². The van der Waals surface area contributed by atoms with E-state index >= 15 is 0 Å². The van der Waals surface area contributed by atoms with Crippen LogP contribution in [0.1, 0.15) is 51.1 Å². The average molecular weight is 474 g/mol. The van der Waals surface area contributed by atoms with Crippen molar-refractivity contribution >= 4 is 21.6 Å². The molecular formula is C24H28FN3O4S. The van der Waals surface area contributed by atoms with Crippen LogP contribution in [0.25, 0.3) is 11.3 Å². The molecule has 9 heteroatoms. The van der Waals surface area contributed by atoms with Crippen molar-refractivity contribution in [3.05, 3.63) is 59.7 Å². The number of carbonyl (C=O) groups is 1. The standard InChI is InChI=1S/C24H28FN3O4S/c1-24(2,3)21-14-22(28(27-21)16-12-13-33(30,31)15-16)26-23(29)11-9-17-8-10-20(32-17)18-6-4-5-7-19(18)25/h4-8,10,14,16H,9,11-13,15H2,1-3H3,(H,26,29). The van der Waals surface area contributed by atoms with Gasteiger partial charge in [0.25, 0.3) is 0 Å². The number of furan rings is 1. The van der Waals surface area contributed by atoms with Gasteiger partial charge in [0.05, 0.1) is 28.8 Å². The Morgan fingerprint density at radius 1 is 1.24 bits per heavy atom. The number of anilines is 1. The SMILES string of the molecule is CC(C)(C)c1cc(NC(=O)CCc2ccc(-c3ccccc3F)o2)n(C2CCS(=O)(=O)C2)n1. The van der Waals surface area contributed by atoms with Crippen LogP contribution in [0.3, 0.4) is 0 Å². The van der Waals surface area contributed by atoms with E-state index in [1.807, 2.05) is 26.8 Å². The fraction of sp³-hybridized carbons (Fsp3) is 0.417. The first-order valence-corrected chi connectivity index (χ1v) is 12.8. The molecule has 1 amide bonds. The summed E-state index contributed by atoms with van der Waals surface area (Å²) in [5.74, 6) is 1.03. The minimum Gasteiger partial charge on any atom is -0.461 e. The number of benzene rings is 1. The number of amides is 1. The van der Waals surface area contributed by atoms with Gasteiger partial charge in [0.1, 0.15) is 23.2 Å². The van der Waals surface area contributed by atoms with Gasteiger partial charge in [-0.05, 0) is 30.7 Å². The van der Waals surface area contributed by atoms with E-state index in [1.54, 1.807) is 35.0 Å². The zero-order valence-corrected chi connectivity index (χ0v) is 19.8. The van der Waals surface area contributed by atoms with Crippen molar-refractivity contribution in [3.63, 3.8) is 0 Å². The van der Waals surface area contributed by atoms with Crippen LogP contribution in [-0.4, -0.2) is 35.6 Å². The zero-order chi connectivity index (χ0) is 23.8. The minimum absolute atomic E-state index is 0.0202. The Morgan fingerprint density at radius 2 is 2.00 bits per heavy atom. The molecule has 3 heterocycles. The molecule has 176 valence electrons. The molecule has 33 heavy (non-hydrogen) atoms. The predicted molar refractivity (Wildman–Crippen MR) is 124 cm³/mol. The summed E-state index contributed by atoms with van der Waals surface area (Å²) in [7, 11) is -3.10. The van der Waals surface area contributed by atoms with Gasteiger partial charge in [-0.25, -0.2) is 17.5 Å². The van der Waals surface area contributed by atoms with E-state index in [2.05, 4.69) is 10.4 Å². The average Bonchev–Trinajstić information content (AvgIpc) is 3.45. The molecule has 0 radical (unpaired) electrons. The third-order valence-electron chi connectivity index (χ3n) is 5.73. The normalized spacial score (nSPS) is 17.9. The lowest BCUT2D eigenvalue weighted by Gasteiger charge is -2.15. The molecule has 0 aliphatic carbocycles. The van der Waals surface area contributed by atoms with E-state index in [0.29, 0.717) is 35.7 Å². The molecule has 4 rings (SSSR count). The number of sulfone groups is 1. The van der Waals surface area contributed by atoms with Crippen molar-refractivity contribution in [3.8, 4) is 11.3 Å². The molecule has 7 nitrogen and oxygen atoms in total. The fourth-order valence-electron chi connectivity index (χ4n) is 3.86. The smallest absolute Gasteiger partial charge is 0.225 e. The number of rotatable bonds is 6. The van der Waals surface area contributed by atoms with Crippen molar-refractivity contribution in [2.45, 2.75) is 51.5 Å². The van der Waals surface area contributed by atoms with Gasteiger partial charge in [-0.2, -0.15) is 5.10 Å². The van der Waals surface area contributed by atoms with Gasteiger partial charge in [0, 0.05) is 24.3 Å². The lowest BCUT2D eigenvalue weighted by Crippen LogP contribution is -2.20. The highest BCUT2D eigenvalue weighted by Crippen LogP contribution is 2.31. The quantitative estimate of drug-likeness (QED) is 0.568. The van der Waals surface area contributed by atoms with E-state index in [0.717, 1.165) is 5.69 Å². The molecule has 1 N–H and O–H groups in total. The number of aromatic nitrogens is 2. The van der Waals surface area contributed by atoms with E-state index in [9.17, 15) is 17.6 Å². The summed E-state index contributed by atoms with van der Waals surface area (Å²) in [4.78, 5) is 12.7. The maximum absolute atomic E-state index is 14.0. The van der Waals surface area contributed by atoms with Crippen LogP contribution in [0, 0.1) is 5.82 Å². The summed E-state index contributed by atoms with van der Waals surface area (Å²) >= 11 is 0. The molecule has 2 aromatic heterocycles. The molecule has 0 saturated carbocycles. The highest BCUT2D eigenvalue weighted by atomic mass is 32.2.